The minimum absolute atomic E-state index is 0.0986. The molecule has 23 nitrogen and oxygen atoms in total. The molecule has 4 fully saturated rings. The van der Waals surface area contributed by atoms with E-state index in [1.807, 2.05) is 117 Å². The number of fused-ring (bicyclic) bond motifs is 8. The number of aromatic nitrogens is 5. The Balaban J connectivity index is 0.000000157. The summed E-state index contributed by atoms with van der Waals surface area (Å²) in [5, 5.41) is 35.9. The van der Waals surface area contributed by atoms with Crippen LogP contribution in [0.5, 0.6) is 17.2 Å². The van der Waals surface area contributed by atoms with Crippen LogP contribution in [0, 0.1) is 18.3 Å². The normalized spacial score (nSPS) is 24.9. The molecular weight excluding hydrogens is 1500 g/mol. The van der Waals surface area contributed by atoms with Crippen LogP contribution in [0.25, 0.3) is 55.5 Å². The van der Waals surface area contributed by atoms with Gasteiger partial charge < -0.3 is 67.5 Å². The molecule has 3 aromatic heterocycles. The zero-order valence-electron chi connectivity index (χ0n) is 70.7. The molecule has 9 heterocycles. The average molecular weight is 1620 g/mol. The molecule has 1 aliphatic carbocycles. The van der Waals surface area contributed by atoms with E-state index in [1.54, 1.807) is 19.2 Å². The van der Waals surface area contributed by atoms with Crippen molar-refractivity contribution < 1.29 is 67.7 Å². The minimum Gasteiger partial charge on any atom is -0.496 e. The van der Waals surface area contributed by atoms with E-state index in [1.165, 1.54) is 21.1 Å². The van der Waals surface area contributed by atoms with Gasteiger partial charge in [-0.3, -0.25) is 24.3 Å². The Labute approximate surface area is 697 Å². The van der Waals surface area contributed by atoms with Gasteiger partial charge in [-0.25, -0.2) is 19.6 Å². The second-order valence-corrected chi connectivity index (χ2v) is 33.6. The van der Waals surface area contributed by atoms with Crippen molar-refractivity contribution in [2.24, 2.45) is 18.4 Å². The summed E-state index contributed by atoms with van der Waals surface area (Å²) >= 11 is 0. The highest BCUT2D eigenvalue weighted by Crippen LogP contribution is 2.68. The van der Waals surface area contributed by atoms with Gasteiger partial charge >= 0.3 is 23.9 Å². The third-order valence-electron chi connectivity index (χ3n) is 26.6. The predicted molar refractivity (Wildman–Crippen MR) is 461 cm³/mol. The molecule has 0 radical (unpaired) electrons. The smallest absolute Gasteiger partial charge is 0.344 e. The number of carboxylic acids is 1. The maximum absolute atomic E-state index is 15.3. The molecule has 119 heavy (non-hydrogen) atoms. The number of methoxy groups -OCH3 is 3. The number of H-pyrrole nitrogens is 1. The summed E-state index contributed by atoms with van der Waals surface area (Å²) in [6, 6.07) is 46.8. The third-order valence-corrected chi connectivity index (χ3v) is 26.6. The van der Waals surface area contributed by atoms with Crippen LogP contribution in [-0.4, -0.2) is 215 Å². The van der Waals surface area contributed by atoms with Crippen molar-refractivity contribution >= 4 is 62.5 Å². The number of aryl methyl sites for hydroxylation is 3. The predicted octanol–water partition coefficient (Wildman–Crippen LogP) is 14.2. The number of benzene rings is 7. The maximum Gasteiger partial charge on any atom is 0.344 e. The highest BCUT2D eigenvalue weighted by atomic mass is 16.6. The number of nitrogens with one attached hydrogen (secondary N) is 1. The standard InChI is InChI=1S/C46H58N4O9.C33H30N4O2.C17H27NO3/c1-8-42(54)23-28-24-45(40(52)57-6,36-30(15-19-49(25-28)26-42)29-13-10-11-14-33(29)47-36)32-21-31-34(22-35(32)56-5)48(4)38-44(31)17-20-50-18-12-16-43(9-2,37(44)50)39(59-27(3)51)46(38,55)41(53)58-7;1-4-9-30-35-31-21(2)18-24(32-34-27-12-7-8-13-28(27)36(32)3)19-29(31)37(30)20-22-14-16-23(17-15-22)25-10-5-6-11-26(25)33(38)39;1-2-3-12-20-16-5-7-17(8-6-16)21-13-4-9-18-10-14-19-15-11-18/h10-14,16,21-22,28,37-39,47,54-55H,8-9,15,17-20,23-26H2,1-7H3;5-8,10-19H,4,9,20H2,1-3H3,(H,38,39);5-8H,2-4,9-15H2,1H3/t28-,37-,38+,39+,42-,43+,44+,45-,46-;;/m0../s1. The Morgan fingerprint density at radius 1 is 0.714 bits per heavy atom. The highest BCUT2D eigenvalue weighted by molar-refractivity contribution is 5.97. The zero-order chi connectivity index (χ0) is 83.7. The van der Waals surface area contributed by atoms with Crippen molar-refractivity contribution in [2.75, 3.05) is 112 Å². The molecule has 4 N–H and O–H groups in total. The lowest BCUT2D eigenvalue weighted by molar-refractivity contribution is -0.228. The van der Waals surface area contributed by atoms with Gasteiger partial charge in [-0.15, -0.1) is 0 Å². The van der Waals surface area contributed by atoms with Crippen LogP contribution >= 0.6 is 0 Å². The number of ether oxygens (including phenoxy) is 7. The van der Waals surface area contributed by atoms with E-state index < -0.39 is 63.5 Å². The fraction of sp³-hybridized carbons (Fsp3) is 0.458. The molecule has 0 amide bonds. The summed E-state index contributed by atoms with van der Waals surface area (Å²) < 4.78 is 45.1. The Morgan fingerprint density at radius 2 is 1.43 bits per heavy atom. The number of hydrogen-bond acceptors (Lipinski definition) is 19. The van der Waals surface area contributed by atoms with Gasteiger partial charge in [0.2, 0.25) is 5.60 Å². The Morgan fingerprint density at radius 3 is 2.12 bits per heavy atom. The zero-order valence-corrected chi connectivity index (χ0v) is 70.7. The van der Waals surface area contributed by atoms with E-state index in [0.29, 0.717) is 94.7 Å². The lowest BCUT2D eigenvalue weighted by Crippen LogP contribution is -2.81. The van der Waals surface area contributed by atoms with E-state index in [4.69, 9.17) is 43.1 Å². The van der Waals surface area contributed by atoms with E-state index in [0.717, 1.165) is 185 Å². The van der Waals surface area contributed by atoms with Crippen molar-refractivity contribution in [1.82, 2.24) is 38.8 Å². The van der Waals surface area contributed by atoms with Crippen LogP contribution in [0.4, 0.5) is 5.69 Å². The fourth-order valence-corrected chi connectivity index (χ4v) is 21.2. The van der Waals surface area contributed by atoms with Crippen LogP contribution in [0.15, 0.2) is 158 Å². The number of nitrogens with zero attached hydrogens (tertiary/aromatic N) is 8. The Bertz CT molecular complexity index is 5400. The first-order chi connectivity index (χ1) is 57.5. The van der Waals surface area contributed by atoms with E-state index in [9.17, 15) is 29.7 Å². The lowest BCUT2D eigenvalue weighted by Gasteiger charge is -2.63. The lowest BCUT2D eigenvalue weighted by atomic mass is 9.47. The van der Waals surface area contributed by atoms with Crippen LogP contribution < -0.4 is 19.1 Å². The number of aromatic carboxylic acids is 1. The Hall–Kier alpha value is -10.4. The number of imidazole rings is 2. The molecule has 3 saturated heterocycles. The molecule has 7 aliphatic rings. The average Bonchev–Trinajstić information content (AvgIpc) is 1.49. The van der Waals surface area contributed by atoms with Gasteiger partial charge in [0.1, 0.15) is 34.3 Å². The highest BCUT2D eigenvalue weighted by Gasteiger charge is 2.80. The number of morpholine rings is 1. The van der Waals surface area contributed by atoms with Crippen molar-refractivity contribution in [3.8, 4) is 39.8 Å². The topological polar surface area (TPSA) is 258 Å². The summed E-state index contributed by atoms with van der Waals surface area (Å²) in [5.74, 6) is 1.36. The first-order valence-corrected chi connectivity index (χ1v) is 42.5. The number of aliphatic hydroxyl groups is 2. The first kappa shape index (κ1) is 83.7. The van der Waals surface area contributed by atoms with E-state index in [2.05, 4.69) is 111 Å². The molecule has 7 aromatic carbocycles. The van der Waals surface area contributed by atoms with Gasteiger partial charge in [0, 0.05) is 136 Å². The van der Waals surface area contributed by atoms with Gasteiger partial charge in [-0.05, 0) is 177 Å². The summed E-state index contributed by atoms with van der Waals surface area (Å²) in [5.41, 5.74) is 7.84. The van der Waals surface area contributed by atoms with Gasteiger partial charge in [-0.1, -0.05) is 119 Å². The van der Waals surface area contributed by atoms with Crippen LogP contribution in [-0.2, 0) is 70.6 Å². The van der Waals surface area contributed by atoms with Gasteiger partial charge in [0.05, 0.1) is 87.0 Å². The number of carbonyl (C=O) groups excluding carboxylic acids is 3. The van der Waals surface area contributed by atoms with Crippen molar-refractivity contribution in [3.05, 3.63) is 203 Å². The van der Waals surface area contributed by atoms with Gasteiger partial charge in [0.15, 0.2) is 6.10 Å². The SMILES string of the molecule is CCCCOc1ccc(OCCCN2CCOCC2)cc1.CCCc1nc2c(C)cc(-c3nc4ccccc4n3C)cc2n1Cc1ccc(-c2ccccc2C(=O)O)cc1.CC[C@]1(O)C[C@@H]2C[N@@](CCc3c([nH]c4ccccc34)[C@@](C(=O)OC)(c3cc4c(cc3OC)N(C)[C@H]3[C@@](O)(C(=O)OC)[C@H](OC(C)=O)[C@]5(CC)C=CCN6CC[C@]43[C@@H]65)C2)C1. The van der Waals surface area contributed by atoms with Crippen molar-refractivity contribution in [3.63, 3.8) is 0 Å². The van der Waals surface area contributed by atoms with Crippen LogP contribution in [0.1, 0.15) is 142 Å². The second kappa shape index (κ2) is 34.7. The summed E-state index contributed by atoms with van der Waals surface area (Å²) in [6.45, 7) is 22.2. The van der Waals surface area contributed by atoms with Crippen LogP contribution in [0.2, 0.25) is 0 Å². The van der Waals surface area contributed by atoms with Gasteiger partial charge in [0.25, 0.3) is 0 Å². The fourth-order valence-electron chi connectivity index (χ4n) is 21.2. The molecule has 2 bridgehead atoms. The maximum atomic E-state index is 15.3. The van der Waals surface area contributed by atoms with Crippen molar-refractivity contribution in [2.45, 2.75) is 159 Å². The monoisotopic (exact) mass is 1620 g/mol. The Kier molecular flexibility index (Phi) is 24.4. The van der Waals surface area contributed by atoms with E-state index >= 15 is 4.79 Å². The molecule has 6 aliphatic heterocycles. The van der Waals surface area contributed by atoms with Crippen LogP contribution in [0.3, 0.4) is 0 Å². The molecule has 10 atom stereocenters. The number of unbranched alkanes of at least 4 members (excludes halogenated alkanes) is 1. The number of carboxylic acid groups (broad SMARTS) is 1. The summed E-state index contributed by atoms with van der Waals surface area (Å²) in [7, 11) is 8.22. The summed E-state index contributed by atoms with van der Waals surface area (Å²) in [4.78, 5) is 77.3. The minimum atomic E-state index is -2.30. The summed E-state index contributed by atoms with van der Waals surface area (Å²) in [6.07, 6.45) is 11.1. The number of aromatic amines is 1. The molecule has 0 unspecified atom stereocenters. The molecule has 23 heteroatoms. The van der Waals surface area contributed by atoms with Crippen molar-refractivity contribution in [1.29, 1.82) is 0 Å². The number of para-hydroxylation sites is 3. The third kappa shape index (κ3) is 15.2. The molecular formula is C96H115N9O14. The number of hydrogen-bond donors (Lipinski definition) is 4. The molecule has 10 aromatic rings. The van der Waals surface area contributed by atoms with Gasteiger partial charge in [-0.2, -0.15) is 0 Å². The number of rotatable bonds is 23. The second-order valence-electron chi connectivity index (χ2n) is 33.6. The number of anilines is 1. The molecule has 1 saturated carbocycles. The molecule has 1 spiro atoms. The molecule has 17 rings (SSSR count). The largest absolute Gasteiger partial charge is 0.496 e. The number of esters is 3. The quantitative estimate of drug-likeness (QED) is 0.0201. The number of likely N-dealkylation sites (N-methyl/N-ethyl adjacent to an activating group) is 1. The van der Waals surface area contributed by atoms with E-state index in [-0.39, 0.29) is 12.0 Å². The first-order valence-electron chi connectivity index (χ1n) is 42.5. The number of carbonyl (C=O) groups is 4. The number of piperidine rings is 1. The molecule has 628 valence electrons.